The predicted octanol–water partition coefficient (Wildman–Crippen LogP) is -0.0351. The van der Waals surface area contributed by atoms with E-state index in [1.807, 2.05) is 0 Å². The van der Waals surface area contributed by atoms with E-state index in [-0.39, 0.29) is 5.70 Å². The second kappa shape index (κ2) is 7.23. The summed E-state index contributed by atoms with van der Waals surface area (Å²) < 4.78 is 0. The lowest BCUT2D eigenvalue weighted by Gasteiger charge is -2.17. The van der Waals surface area contributed by atoms with Gasteiger partial charge in [-0.1, -0.05) is 18.2 Å². The molecule has 1 aromatic carbocycles. The van der Waals surface area contributed by atoms with Gasteiger partial charge in [-0.2, -0.15) is 0 Å². The molecule has 0 aliphatic carbocycles. The number of amides is 2. The summed E-state index contributed by atoms with van der Waals surface area (Å²) in [5.41, 5.74) is 0.983. The first-order chi connectivity index (χ1) is 9.82. The lowest BCUT2D eigenvalue weighted by Crippen LogP contribution is -2.48. The smallest absolute Gasteiger partial charge is 0.268 e. The van der Waals surface area contributed by atoms with Crippen LogP contribution in [-0.2, 0) is 9.59 Å². The fraction of sp³-hybridized carbons (Fsp3) is 0.267. The number of aliphatic carboxylic acids is 1. The number of carboxylic acids is 1. The van der Waals surface area contributed by atoms with Crippen LogP contribution in [0.15, 0.2) is 41.6 Å². The highest BCUT2D eigenvalue weighted by atomic mass is 16.4. The quantitative estimate of drug-likeness (QED) is 0.743. The first-order valence-corrected chi connectivity index (χ1v) is 6.38. The topological polar surface area (TPSA) is 98.3 Å². The van der Waals surface area contributed by atoms with Gasteiger partial charge in [-0.05, 0) is 38.5 Å². The summed E-state index contributed by atoms with van der Waals surface area (Å²) in [6.07, 6.45) is 0. The van der Waals surface area contributed by atoms with Crippen molar-refractivity contribution in [3.8, 4) is 0 Å². The van der Waals surface area contributed by atoms with Crippen LogP contribution in [0.2, 0.25) is 0 Å². The third-order valence-corrected chi connectivity index (χ3v) is 2.70. The molecule has 0 heterocycles. The zero-order chi connectivity index (χ0) is 16.0. The second-order valence-electron chi connectivity index (χ2n) is 4.71. The molecule has 21 heavy (non-hydrogen) atoms. The van der Waals surface area contributed by atoms with Crippen LogP contribution in [0.4, 0.5) is 0 Å². The van der Waals surface area contributed by atoms with Crippen LogP contribution < -0.4 is 15.7 Å². The summed E-state index contributed by atoms with van der Waals surface area (Å²) in [6.45, 7) is 4.57. The van der Waals surface area contributed by atoms with Crippen LogP contribution in [0.25, 0.3) is 0 Å². The Bertz CT molecular complexity index is 575. The maximum Gasteiger partial charge on any atom is 0.268 e. The number of benzene rings is 1. The van der Waals surface area contributed by atoms with E-state index in [0.717, 1.165) is 0 Å². The maximum absolute atomic E-state index is 12.0. The Kier molecular flexibility index (Phi) is 5.66. The summed E-state index contributed by atoms with van der Waals surface area (Å²) in [6, 6.07) is 7.25. The third-order valence-electron chi connectivity index (χ3n) is 2.70. The van der Waals surface area contributed by atoms with E-state index < -0.39 is 23.8 Å². The van der Waals surface area contributed by atoms with Crippen LogP contribution in [0.1, 0.15) is 31.1 Å². The van der Waals surface area contributed by atoms with Gasteiger partial charge in [0.25, 0.3) is 11.8 Å². The Morgan fingerprint density at radius 3 is 2.14 bits per heavy atom. The van der Waals surface area contributed by atoms with Crippen molar-refractivity contribution in [2.75, 3.05) is 0 Å². The number of carbonyl (C=O) groups is 3. The van der Waals surface area contributed by atoms with Gasteiger partial charge >= 0.3 is 0 Å². The number of hydrogen-bond donors (Lipinski definition) is 2. The third kappa shape index (κ3) is 4.76. The molecule has 0 spiro atoms. The number of hydrogen-bond acceptors (Lipinski definition) is 4. The molecule has 1 aromatic rings. The molecule has 2 N–H and O–H groups in total. The van der Waals surface area contributed by atoms with Crippen molar-refractivity contribution < 1.29 is 19.5 Å². The fourth-order valence-electron chi connectivity index (χ4n) is 1.51. The van der Waals surface area contributed by atoms with Gasteiger partial charge in [0.05, 0.1) is 12.0 Å². The summed E-state index contributed by atoms with van der Waals surface area (Å²) in [5, 5.41) is 15.4. The van der Waals surface area contributed by atoms with Gasteiger partial charge in [-0.25, -0.2) is 0 Å². The molecule has 0 aromatic heterocycles. The molecule has 0 fully saturated rings. The largest absolute Gasteiger partial charge is 0.548 e. The fourth-order valence-corrected chi connectivity index (χ4v) is 1.51. The minimum Gasteiger partial charge on any atom is -0.548 e. The lowest BCUT2D eigenvalue weighted by atomic mass is 10.2. The summed E-state index contributed by atoms with van der Waals surface area (Å²) in [7, 11) is 0. The Labute approximate surface area is 122 Å². The predicted molar refractivity (Wildman–Crippen MR) is 74.9 cm³/mol. The van der Waals surface area contributed by atoms with Gasteiger partial charge in [0, 0.05) is 5.56 Å². The lowest BCUT2D eigenvalue weighted by molar-refractivity contribution is -0.307. The number of rotatable bonds is 5. The van der Waals surface area contributed by atoms with E-state index in [1.165, 1.54) is 6.92 Å². The highest BCUT2D eigenvalue weighted by Gasteiger charge is 2.17. The molecule has 6 nitrogen and oxygen atoms in total. The van der Waals surface area contributed by atoms with Crippen LogP contribution in [-0.4, -0.2) is 23.8 Å². The highest BCUT2D eigenvalue weighted by Crippen LogP contribution is 2.04. The molecule has 112 valence electrons. The Morgan fingerprint density at radius 1 is 1.10 bits per heavy atom. The Balaban J connectivity index is 2.85. The van der Waals surface area contributed by atoms with Crippen molar-refractivity contribution in [2.24, 2.45) is 0 Å². The standard InChI is InChI=1S/C15H18N2O4/c1-9(2)12(14(19)16-10(3)15(20)21)17-13(18)11-7-5-4-6-8-11/h4-8,10H,1-3H3,(H,16,19)(H,17,18)(H,20,21)/p-1/t10-/m1/s1. The van der Waals surface area contributed by atoms with Crippen molar-refractivity contribution in [1.29, 1.82) is 0 Å². The molecule has 0 aliphatic heterocycles. The minimum atomic E-state index is -1.40. The second-order valence-corrected chi connectivity index (χ2v) is 4.71. The van der Waals surface area contributed by atoms with Gasteiger partial charge in [0.2, 0.25) is 0 Å². The van der Waals surface area contributed by atoms with Crippen molar-refractivity contribution in [1.82, 2.24) is 10.6 Å². The van der Waals surface area contributed by atoms with Gasteiger partial charge in [0.15, 0.2) is 0 Å². The molecular weight excluding hydrogens is 272 g/mol. The first kappa shape index (κ1) is 16.4. The van der Waals surface area contributed by atoms with Gasteiger partial charge in [-0.3, -0.25) is 9.59 Å². The summed E-state index contributed by atoms with van der Waals surface area (Å²) in [5.74, 6) is -2.51. The Morgan fingerprint density at radius 2 is 1.67 bits per heavy atom. The number of nitrogens with one attached hydrogen (secondary N) is 2. The van der Waals surface area contributed by atoms with Gasteiger partial charge in [0.1, 0.15) is 5.70 Å². The molecule has 0 radical (unpaired) electrons. The number of carbonyl (C=O) groups excluding carboxylic acids is 3. The Hall–Kier alpha value is -2.63. The van der Waals surface area contributed by atoms with Crippen LogP contribution in [0.3, 0.4) is 0 Å². The monoisotopic (exact) mass is 289 g/mol. The van der Waals surface area contributed by atoms with E-state index in [4.69, 9.17) is 0 Å². The maximum atomic E-state index is 12.0. The highest BCUT2D eigenvalue weighted by molar-refractivity contribution is 6.03. The molecule has 6 heteroatoms. The number of carboxylic acid groups (broad SMARTS) is 1. The molecule has 0 saturated heterocycles. The zero-order valence-corrected chi connectivity index (χ0v) is 12.1. The van der Waals surface area contributed by atoms with E-state index in [1.54, 1.807) is 44.2 Å². The van der Waals surface area contributed by atoms with E-state index in [9.17, 15) is 19.5 Å². The molecule has 0 bridgehead atoms. The summed E-state index contributed by atoms with van der Waals surface area (Å²) >= 11 is 0. The van der Waals surface area contributed by atoms with E-state index in [2.05, 4.69) is 10.6 Å². The van der Waals surface area contributed by atoms with Gasteiger partial charge < -0.3 is 20.5 Å². The van der Waals surface area contributed by atoms with Crippen LogP contribution >= 0.6 is 0 Å². The normalized spacial score (nSPS) is 11.2. The molecular formula is C15H17N2O4-. The van der Waals surface area contributed by atoms with E-state index in [0.29, 0.717) is 11.1 Å². The van der Waals surface area contributed by atoms with E-state index >= 15 is 0 Å². The molecule has 0 saturated carbocycles. The molecule has 1 rings (SSSR count). The minimum absolute atomic E-state index is 0.0250. The summed E-state index contributed by atoms with van der Waals surface area (Å²) in [4.78, 5) is 34.7. The van der Waals surface area contributed by atoms with Gasteiger partial charge in [-0.15, -0.1) is 0 Å². The zero-order valence-electron chi connectivity index (χ0n) is 12.1. The van der Waals surface area contributed by atoms with Crippen LogP contribution in [0, 0.1) is 0 Å². The van der Waals surface area contributed by atoms with Crippen LogP contribution in [0.5, 0.6) is 0 Å². The SMILES string of the molecule is CC(C)=C(NC(=O)c1ccccc1)C(=O)N[C@H](C)C(=O)[O-]. The molecule has 2 amide bonds. The van der Waals surface area contributed by atoms with Crippen molar-refractivity contribution in [3.63, 3.8) is 0 Å². The van der Waals surface area contributed by atoms with Crippen molar-refractivity contribution >= 4 is 17.8 Å². The first-order valence-electron chi connectivity index (χ1n) is 6.38. The average Bonchev–Trinajstić information content (AvgIpc) is 2.44. The molecule has 0 aliphatic rings. The average molecular weight is 289 g/mol. The molecule has 1 atom stereocenters. The number of allylic oxidation sites excluding steroid dienone is 1. The van der Waals surface area contributed by atoms with Crippen molar-refractivity contribution in [2.45, 2.75) is 26.8 Å². The molecule has 0 unspecified atom stereocenters. The van der Waals surface area contributed by atoms with Crippen molar-refractivity contribution in [3.05, 3.63) is 47.2 Å².